The molecule has 0 saturated carbocycles. The predicted octanol–water partition coefficient (Wildman–Crippen LogP) is 1.54. The number of anilines is 1. The summed E-state index contributed by atoms with van der Waals surface area (Å²) in [5.41, 5.74) is 0.673. The molecule has 1 aromatic carbocycles. The van der Waals surface area contributed by atoms with E-state index in [0.29, 0.717) is 11.4 Å². The normalized spacial score (nSPS) is 10.5. The van der Waals surface area contributed by atoms with Crippen LogP contribution >= 0.6 is 0 Å². The monoisotopic (exact) mass is 198 g/mol. The Morgan fingerprint density at radius 2 is 2.15 bits per heavy atom. The first-order valence-corrected chi connectivity index (χ1v) is 5.33. The Bertz CT molecular complexity index is 447. The molecule has 0 unspecified atom stereocenters. The van der Waals surface area contributed by atoms with Crippen LogP contribution in [0.5, 0.6) is 0 Å². The van der Waals surface area contributed by atoms with E-state index in [1.165, 1.54) is 6.07 Å². The van der Waals surface area contributed by atoms with E-state index < -0.39 is 10.0 Å². The van der Waals surface area contributed by atoms with Crippen molar-refractivity contribution in [2.75, 3.05) is 11.0 Å². The molecule has 0 saturated heterocycles. The van der Waals surface area contributed by atoms with Gasteiger partial charge in [-0.3, -0.25) is 4.72 Å². The molecular formula is C7H8N3O2S+. The highest BCUT2D eigenvalue weighted by Gasteiger charge is 2.07. The molecule has 1 N–H and O–H groups in total. The van der Waals surface area contributed by atoms with E-state index in [0.717, 1.165) is 6.26 Å². The van der Waals surface area contributed by atoms with Crippen LogP contribution in [-0.2, 0) is 10.0 Å². The molecule has 0 heterocycles. The van der Waals surface area contributed by atoms with E-state index in [1.54, 1.807) is 18.2 Å². The van der Waals surface area contributed by atoms with Gasteiger partial charge >= 0.3 is 5.69 Å². The van der Waals surface area contributed by atoms with Crippen molar-refractivity contribution in [2.45, 2.75) is 0 Å². The fourth-order valence-corrected chi connectivity index (χ4v) is 1.40. The molecule has 0 amide bonds. The van der Waals surface area contributed by atoms with Crippen LogP contribution in [0.15, 0.2) is 24.3 Å². The first-order chi connectivity index (χ1) is 6.01. The number of nitrogens with zero attached hydrogens (tertiary/aromatic N) is 2. The molecule has 0 fully saturated rings. The fraction of sp³-hybridized carbons (Fsp3) is 0.143. The van der Waals surface area contributed by atoms with E-state index in [9.17, 15) is 8.42 Å². The van der Waals surface area contributed by atoms with Crippen molar-refractivity contribution in [1.82, 2.24) is 0 Å². The minimum Gasteiger partial charge on any atom is -0.283 e. The van der Waals surface area contributed by atoms with Crippen molar-refractivity contribution >= 4 is 21.4 Å². The van der Waals surface area contributed by atoms with Crippen molar-refractivity contribution < 1.29 is 8.42 Å². The van der Waals surface area contributed by atoms with E-state index in [1.807, 2.05) is 0 Å². The first kappa shape index (κ1) is 9.48. The zero-order valence-corrected chi connectivity index (χ0v) is 7.75. The fourth-order valence-electron chi connectivity index (χ4n) is 0.846. The summed E-state index contributed by atoms with van der Waals surface area (Å²) in [4.78, 5) is 2.93. The maximum Gasteiger partial charge on any atom is 0.387 e. The lowest BCUT2D eigenvalue weighted by Gasteiger charge is -2.00. The summed E-state index contributed by atoms with van der Waals surface area (Å²) in [6, 6.07) is 6.12. The minimum atomic E-state index is -3.28. The molecule has 6 heteroatoms. The smallest absolute Gasteiger partial charge is 0.283 e. The molecule has 0 spiro atoms. The van der Waals surface area contributed by atoms with Crippen LogP contribution in [0.1, 0.15) is 0 Å². The average molecular weight is 198 g/mol. The summed E-state index contributed by atoms with van der Waals surface area (Å²) in [7, 11) is -3.28. The van der Waals surface area contributed by atoms with Crippen LogP contribution in [0.2, 0.25) is 0 Å². The van der Waals surface area contributed by atoms with E-state index in [4.69, 9.17) is 5.39 Å². The molecule has 1 aromatic rings. The highest BCUT2D eigenvalue weighted by molar-refractivity contribution is 7.92. The number of sulfonamides is 1. The molecule has 0 bridgehead atoms. The lowest BCUT2D eigenvalue weighted by Crippen LogP contribution is -2.09. The second-order valence-electron chi connectivity index (χ2n) is 2.52. The molecule has 13 heavy (non-hydrogen) atoms. The standard InChI is InChI=1S/C7H8N3O2S/c1-13(11,12)10-7-4-2-3-6(5-7)9-8/h2-5,10H,1H3/q+1. The van der Waals surface area contributed by atoms with Gasteiger partial charge in [-0.15, -0.1) is 0 Å². The van der Waals surface area contributed by atoms with Crippen LogP contribution in [0.25, 0.3) is 4.98 Å². The Hall–Kier alpha value is -1.61. The summed E-state index contributed by atoms with van der Waals surface area (Å²) >= 11 is 0. The van der Waals surface area contributed by atoms with Gasteiger partial charge in [-0.25, -0.2) is 8.42 Å². The number of hydrogen-bond acceptors (Lipinski definition) is 3. The van der Waals surface area contributed by atoms with Gasteiger partial charge < -0.3 is 0 Å². The number of benzene rings is 1. The Kier molecular flexibility index (Phi) is 2.49. The van der Waals surface area contributed by atoms with Gasteiger partial charge in [-0.2, -0.15) is 0 Å². The molecule has 0 aliphatic carbocycles. The summed E-state index contributed by atoms with van der Waals surface area (Å²) in [6.07, 6.45) is 1.05. The number of hydrogen-bond donors (Lipinski definition) is 1. The predicted molar refractivity (Wildman–Crippen MR) is 49.7 cm³/mol. The Morgan fingerprint density at radius 1 is 1.46 bits per heavy atom. The maximum atomic E-state index is 10.8. The molecule has 0 aliphatic heterocycles. The number of diazo groups is 1. The Labute approximate surface area is 76.1 Å². The Balaban J connectivity index is 2.99. The molecule has 0 aromatic heterocycles. The molecule has 0 radical (unpaired) electrons. The van der Waals surface area contributed by atoms with E-state index in [2.05, 4.69) is 9.70 Å². The lowest BCUT2D eigenvalue weighted by atomic mass is 10.3. The van der Waals surface area contributed by atoms with Gasteiger partial charge in [-0.05, 0) is 6.07 Å². The third kappa shape index (κ3) is 3.09. The second-order valence-corrected chi connectivity index (χ2v) is 4.27. The molecule has 68 valence electrons. The van der Waals surface area contributed by atoms with Crippen LogP contribution in [0.3, 0.4) is 0 Å². The molecule has 0 atom stereocenters. The summed E-state index contributed by atoms with van der Waals surface area (Å²) in [6.45, 7) is 0. The quantitative estimate of drug-likeness (QED) is 0.732. The molecule has 1 rings (SSSR count). The number of rotatable bonds is 2. The molecule has 5 nitrogen and oxygen atoms in total. The number of nitrogens with one attached hydrogen (secondary N) is 1. The third-order valence-corrected chi connectivity index (χ3v) is 1.87. The SMILES string of the molecule is CS(=O)(=O)Nc1cccc([N+]#N)c1. The highest BCUT2D eigenvalue weighted by atomic mass is 32.2. The summed E-state index contributed by atoms with van der Waals surface area (Å²) in [5, 5.41) is 8.41. The van der Waals surface area contributed by atoms with Gasteiger partial charge in [0.25, 0.3) is 0 Å². The topological polar surface area (TPSA) is 74.3 Å². The Morgan fingerprint density at radius 3 is 2.69 bits per heavy atom. The summed E-state index contributed by atoms with van der Waals surface area (Å²) < 4.78 is 23.8. The van der Waals surface area contributed by atoms with Gasteiger partial charge in [0.1, 0.15) is 0 Å². The van der Waals surface area contributed by atoms with Crippen LogP contribution in [0, 0.1) is 5.39 Å². The summed E-state index contributed by atoms with van der Waals surface area (Å²) in [5.74, 6) is 0. The van der Waals surface area contributed by atoms with E-state index >= 15 is 0 Å². The van der Waals surface area contributed by atoms with E-state index in [-0.39, 0.29) is 0 Å². The van der Waals surface area contributed by atoms with Crippen molar-refractivity contribution in [3.63, 3.8) is 0 Å². The average Bonchev–Trinajstić information content (AvgIpc) is 2.01. The zero-order chi connectivity index (χ0) is 9.90. The highest BCUT2D eigenvalue weighted by Crippen LogP contribution is 2.17. The van der Waals surface area contributed by atoms with Crippen molar-refractivity contribution in [1.29, 1.82) is 5.39 Å². The van der Waals surface area contributed by atoms with Crippen LogP contribution < -0.4 is 4.72 Å². The van der Waals surface area contributed by atoms with Gasteiger partial charge in [0.15, 0.2) is 4.98 Å². The van der Waals surface area contributed by atoms with Gasteiger partial charge in [0.2, 0.25) is 15.4 Å². The van der Waals surface area contributed by atoms with Crippen LogP contribution in [-0.4, -0.2) is 14.7 Å². The third-order valence-electron chi connectivity index (χ3n) is 1.26. The largest absolute Gasteiger partial charge is 0.387 e. The van der Waals surface area contributed by atoms with Gasteiger partial charge in [0, 0.05) is 6.07 Å². The van der Waals surface area contributed by atoms with Crippen molar-refractivity contribution in [2.24, 2.45) is 0 Å². The lowest BCUT2D eigenvalue weighted by molar-refractivity contribution is 0.607. The van der Waals surface area contributed by atoms with Gasteiger partial charge in [0.05, 0.1) is 18.0 Å². The second kappa shape index (κ2) is 3.41. The zero-order valence-electron chi connectivity index (χ0n) is 6.93. The van der Waals surface area contributed by atoms with Crippen molar-refractivity contribution in [3.8, 4) is 0 Å². The van der Waals surface area contributed by atoms with Crippen LogP contribution in [0.4, 0.5) is 11.4 Å². The van der Waals surface area contributed by atoms with Crippen molar-refractivity contribution in [3.05, 3.63) is 29.2 Å². The maximum absolute atomic E-state index is 10.8. The minimum absolute atomic E-state index is 0.300. The first-order valence-electron chi connectivity index (χ1n) is 3.44. The molecular weight excluding hydrogens is 190 g/mol. The molecule has 0 aliphatic rings. The van der Waals surface area contributed by atoms with Gasteiger partial charge in [-0.1, -0.05) is 6.07 Å².